The molecule has 0 amide bonds. The summed E-state index contributed by atoms with van der Waals surface area (Å²) in [5.41, 5.74) is 12.5. The molecule has 0 N–H and O–H groups in total. The fourth-order valence-electron chi connectivity index (χ4n) is 6.82. The van der Waals surface area contributed by atoms with Gasteiger partial charge in [0.1, 0.15) is 0 Å². The maximum atomic E-state index is 4.34. The zero-order chi connectivity index (χ0) is 38.6. The second-order valence-electron chi connectivity index (χ2n) is 14.4. The molecule has 1 atom stereocenters. The number of allylic oxidation sites excluding steroid dienone is 21. The van der Waals surface area contributed by atoms with Crippen molar-refractivity contribution < 1.29 is 0 Å². The molecule has 4 aromatic rings. The number of hydrogen-bond acceptors (Lipinski definition) is 3. The van der Waals surface area contributed by atoms with Gasteiger partial charge in [0.05, 0.1) is 6.04 Å². The highest BCUT2D eigenvalue weighted by Gasteiger charge is 2.21. The lowest BCUT2D eigenvalue weighted by molar-refractivity contribution is 0.372. The largest absolute Gasteiger partial charge is 0.338 e. The first-order valence-corrected chi connectivity index (χ1v) is 19.4. The molecular weight excluding hydrogens is 667 g/mol. The lowest BCUT2D eigenvalue weighted by Crippen LogP contribution is -2.31. The van der Waals surface area contributed by atoms with Crippen molar-refractivity contribution in [3.05, 3.63) is 221 Å². The average molecular weight is 720 g/mol. The number of aromatic nitrogens is 2. The highest BCUT2D eigenvalue weighted by molar-refractivity contribution is 5.87. The van der Waals surface area contributed by atoms with E-state index in [0.717, 1.165) is 24.6 Å². The Morgan fingerprint density at radius 1 is 0.727 bits per heavy atom. The van der Waals surface area contributed by atoms with Crippen LogP contribution in [-0.2, 0) is 6.42 Å². The van der Waals surface area contributed by atoms with Crippen LogP contribution in [0.2, 0.25) is 0 Å². The van der Waals surface area contributed by atoms with Gasteiger partial charge < -0.3 is 4.90 Å². The van der Waals surface area contributed by atoms with E-state index in [9.17, 15) is 0 Å². The lowest BCUT2D eigenvalue weighted by atomic mass is 9.94. The fourth-order valence-corrected chi connectivity index (χ4v) is 6.82. The highest BCUT2D eigenvalue weighted by Crippen LogP contribution is 2.30. The zero-order valence-corrected chi connectivity index (χ0v) is 33.2. The molecule has 0 saturated heterocycles. The minimum Gasteiger partial charge on any atom is -0.338 e. The summed E-state index contributed by atoms with van der Waals surface area (Å²) in [4.78, 5) is 11.1. The van der Waals surface area contributed by atoms with E-state index in [-0.39, 0.29) is 6.04 Å². The Balaban J connectivity index is 1.23. The molecule has 6 rings (SSSR count). The summed E-state index contributed by atoms with van der Waals surface area (Å²) in [7, 11) is 0. The van der Waals surface area contributed by atoms with Crippen LogP contribution in [0.3, 0.4) is 0 Å². The Bertz CT molecular complexity index is 2410. The van der Waals surface area contributed by atoms with Crippen molar-refractivity contribution in [1.29, 1.82) is 0 Å². The van der Waals surface area contributed by atoms with Crippen LogP contribution in [-0.4, -0.2) is 20.9 Å². The fraction of sp³-hybridized carbons (Fsp3) is 0.192. The van der Waals surface area contributed by atoms with Crippen LogP contribution >= 0.6 is 0 Å². The van der Waals surface area contributed by atoms with Crippen LogP contribution < -0.4 is 0 Å². The quantitative estimate of drug-likeness (QED) is 0.137. The molecule has 55 heavy (non-hydrogen) atoms. The maximum Gasteiger partial charge on any atom is 0.0556 e. The van der Waals surface area contributed by atoms with Crippen molar-refractivity contribution in [3.8, 4) is 0 Å². The smallest absolute Gasteiger partial charge is 0.0556 e. The van der Waals surface area contributed by atoms with Crippen LogP contribution in [0.25, 0.3) is 27.1 Å². The molecule has 1 unspecified atom stereocenters. The predicted molar refractivity (Wildman–Crippen MR) is 237 cm³/mol. The van der Waals surface area contributed by atoms with Gasteiger partial charge in [0.25, 0.3) is 0 Å². The van der Waals surface area contributed by atoms with Gasteiger partial charge in [0.2, 0.25) is 0 Å². The molecule has 0 fully saturated rings. The van der Waals surface area contributed by atoms with E-state index >= 15 is 0 Å². The van der Waals surface area contributed by atoms with Crippen LogP contribution in [0, 0.1) is 0 Å². The van der Waals surface area contributed by atoms with Crippen molar-refractivity contribution in [2.75, 3.05) is 0 Å². The SMILES string of the molecule is C/C=C(\C=C/Cc1ccc2ccncc2c1)N(/C(C)=C/C=C(C)/C(C)=C/C=C(C)/C(C)=C/C=C1/C=CC=CC1)C1C=CC(c2ccc3ccncc3c2)=CC1. The Morgan fingerprint density at radius 2 is 1.40 bits per heavy atom. The molecule has 3 heteroatoms. The van der Waals surface area contributed by atoms with Crippen LogP contribution in [0.4, 0.5) is 0 Å². The van der Waals surface area contributed by atoms with Crippen molar-refractivity contribution >= 4 is 27.1 Å². The van der Waals surface area contributed by atoms with Crippen molar-refractivity contribution in [3.63, 3.8) is 0 Å². The molecule has 0 radical (unpaired) electrons. The average Bonchev–Trinajstić information content (AvgIpc) is 3.23. The van der Waals surface area contributed by atoms with E-state index in [2.05, 4.69) is 202 Å². The van der Waals surface area contributed by atoms with Crippen LogP contribution in [0.1, 0.15) is 65.5 Å². The van der Waals surface area contributed by atoms with Gasteiger partial charge in [-0.05, 0) is 153 Å². The van der Waals surface area contributed by atoms with Gasteiger partial charge in [-0.15, -0.1) is 0 Å². The molecule has 0 saturated carbocycles. The Hall–Kier alpha value is -6.06. The Labute approximate surface area is 328 Å². The van der Waals surface area contributed by atoms with Gasteiger partial charge >= 0.3 is 0 Å². The van der Waals surface area contributed by atoms with Gasteiger partial charge in [-0.25, -0.2) is 0 Å². The van der Waals surface area contributed by atoms with E-state index in [0.29, 0.717) is 0 Å². The number of hydrogen-bond donors (Lipinski definition) is 0. The third kappa shape index (κ3) is 10.3. The number of benzene rings is 2. The second kappa shape index (κ2) is 18.8. The van der Waals surface area contributed by atoms with Crippen molar-refractivity contribution in [2.45, 2.75) is 66.8 Å². The molecule has 2 aliphatic rings. The zero-order valence-electron chi connectivity index (χ0n) is 33.2. The Morgan fingerprint density at radius 3 is 2.05 bits per heavy atom. The van der Waals surface area contributed by atoms with E-state index in [1.54, 1.807) is 0 Å². The van der Waals surface area contributed by atoms with Crippen LogP contribution in [0.15, 0.2) is 210 Å². The van der Waals surface area contributed by atoms with Crippen LogP contribution in [0.5, 0.6) is 0 Å². The minimum atomic E-state index is 0.172. The molecular formula is C52H53N3. The summed E-state index contributed by atoms with van der Waals surface area (Å²) >= 11 is 0. The van der Waals surface area contributed by atoms with E-state index < -0.39 is 0 Å². The van der Waals surface area contributed by atoms with Gasteiger partial charge in [-0.3, -0.25) is 9.97 Å². The molecule has 0 spiro atoms. The molecule has 2 heterocycles. The molecule has 2 aromatic heterocycles. The highest BCUT2D eigenvalue weighted by atomic mass is 15.2. The van der Waals surface area contributed by atoms with E-state index in [1.807, 2.05) is 24.8 Å². The molecule has 2 aliphatic carbocycles. The standard InChI is InChI=1S/C52H53N3/c1-7-51(15-11-14-44-22-23-46-30-32-53-36-49(46)34-44)55(52-28-26-45(27-29-52)48-25-24-47-31-33-54-37-50(47)35-48)42(6)20-18-40(4)38(2)16-17-39(3)41(5)19-21-43-12-9-8-10-13-43/h7-12,15-28,30-37,52H,13-14,29H2,1-6H3/b15-11-,38-16+,39-17+,40-18+,41-19+,42-20+,43-21-,51-7+. The minimum absolute atomic E-state index is 0.172. The molecule has 276 valence electrons. The number of rotatable bonds is 12. The van der Waals surface area contributed by atoms with Gasteiger partial charge in [0, 0.05) is 47.0 Å². The van der Waals surface area contributed by atoms with Gasteiger partial charge in [-0.2, -0.15) is 0 Å². The molecule has 2 aromatic carbocycles. The first-order valence-electron chi connectivity index (χ1n) is 19.4. The molecule has 0 bridgehead atoms. The monoisotopic (exact) mass is 719 g/mol. The number of nitrogens with zero attached hydrogens (tertiary/aromatic N) is 3. The van der Waals surface area contributed by atoms with Gasteiger partial charge in [0.15, 0.2) is 0 Å². The second-order valence-corrected chi connectivity index (χ2v) is 14.4. The van der Waals surface area contributed by atoms with Crippen molar-refractivity contribution in [2.24, 2.45) is 0 Å². The summed E-state index contributed by atoms with van der Waals surface area (Å²) in [5, 5.41) is 4.75. The first kappa shape index (κ1) is 38.7. The number of fused-ring (bicyclic) bond motifs is 2. The predicted octanol–water partition coefficient (Wildman–Crippen LogP) is 13.6. The summed E-state index contributed by atoms with van der Waals surface area (Å²) in [6.07, 6.45) is 46.1. The normalized spacial score (nSPS) is 18.3. The van der Waals surface area contributed by atoms with E-state index in [4.69, 9.17) is 0 Å². The van der Waals surface area contributed by atoms with Crippen molar-refractivity contribution in [1.82, 2.24) is 14.9 Å². The lowest BCUT2D eigenvalue weighted by Gasteiger charge is -2.34. The summed E-state index contributed by atoms with van der Waals surface area (Å²) < 4.78 is 0. The molecule has 3 nitrogen and oxygen atoms in total. The molecule has 0 aliphatic heterocycles. The van der Waals surface area contributed by atoms with E-state index in [1.165, 1.54) is 72.1 Å². The maximum absolute atomic E-state index is 4.34. The Kier molecular flexibility index (Phi) is 13.2. The third-order valence-electron chi connectivity index (χ3n) is 10.5. The summed E-state index contributed by atoms with van der Waals surface area (Å²) in [6.45, 7) is 13.1. The third-order valence-corrected chi connectivity index (χ3v) is 10.5. The topological polar surface area (TPSA) is 29.0 Å². The number of pyridine rings is 2. The van der Waals surface area contributed by atoms with Gasteiger partial charge in [-0.1, -0.05) is 109 Å². The first-order chi connectivity index (χ1) is 26.8. The summed E-state index contributed by atoms with van der Waals surface area (Å²) in [5.74, 6) is 0. The summed E-state index contributed by atoms with van der Waals surface area (Å²) in [6, 6.07) is 17.6.